The van der Waals surface area contributed by atoms with E-state index in [9.17, 15) is 9.59 Å². The summed E-state index contributed by atoms with van der Waals surface area (Å²) in [5.41, 5.74) is 0.380. The number of carbonyl (C=O) groups is 2. The van der Waals surface area contributed by atoms with E-state index < -0.39 is 16.1 Å². The normalized spacial score (nSPS) is 32.0. The van der Waals surface area contributed by atoms with Gasteiger partial charge in [-0.15, -0.1) is 0 Å². The van der Waals surface area contributed by atoms with Gasteiger partial charge in [0.25, 0.3) is 0 Å². The van der Waals surface area contributed by atoms with Crippen LogP contribution in [-0.4, -0.2) is 33.8 Å². The zero-order valence-corrected chi connectivity index (χ0v) is 11.5. The zero-order valence-electron chi connectivity index (χ0n) is 9.52. The Labute approximate surface area is 91.1 Å². The molecule has 2 saturated heterocycles. The van der Waals surface area contributed by atoms with E-state index in [-0.39, 0.29) is 11.1 Å². The molecule has 2 heterocycles. The number of nitrogens with one attached hydrogen (secondary N) is 2. The Hall–Kier alpha value is -0.886. The molecule has 0 unspecified atom stereocenters. The van der Waals surface area contributed by atoms with Crippen molar-refractivity contribution in [3.63, 3.8) is 0 Å². The van der Waals surface area contributed by atoms with Crippen LogP contribution >= 0.6 is 0 Å². The highest BCUT2D eigenvalue weighted by Crippen LogP contribution is 2.32. The van der Waals surface area contributed by atoms with Gasteiger partial charge in [0, 0.05) is 11.9 Å². The van der Waals surface area contributed by atoms with Crippen LogP contribution in [-0.2, 0) is 0 Å². The Bertz CT molecular complexity index is 399. The van der Waals surface area contributed by atoms with E-state index in [4.69, 9.17) is 0 Å². The van der Waals surface area contributed by atoms with Crippen molar-refractivity contribution in [3.05, 3.63) is 10.5 Å². The molecule has 2 fully saturated rings. The largest absolute Gasteiger partial charge is 0.357 e. The Morgan fingerprint density at radius 3 is 1.93 bits per heavy atom. The lowest BCUT2D eigenvalue weighted by Crippen LogP contribution is -2.64. The third-order valence-corrected chi connectivity index (χ3v) is 9.92. The lowest BCUT2D eigenvalue weighted by atomic mass is 10.6. The molecule has 0 atom stereocenters. The summed E-state index contributed by atoms with van der Waals surface area (Å²) in [5, 5.41) is 8.12. The number of amides is 2. The maximum absolute atomic E-state index is 11.7. The monoisotopic (exact) mass is 240 g/mol. The second-order valence-electron chi connectivity index (χ2n) is 5.24. The van der Waals surface area contributed by atoms with Crippen LogP contribution in [0, 0.1) is 0 Å². The second kappa shape index (κ2) is 2.82. The lowest BCUT2D eigenvalue weighted by Gasteiger charge is -2.38. The summed E-state index contributed by atoms with van der Waals surface area (Å²) >= 11 is 0. The van der Waals surface area contributed by atoms with Gasteiger partial charge in [-0.3, -0.25) is 9.59 Å². The molecule has 0 saturated carbocycles. The first kappa shape index (κ1) is 10.6. The van der Waals surface area contributed by atoms with Crippen molar-refractivity contribution in [1.29, 1.82) is 0 Å². The van der Waals surface area contributed by atoms with E-state index in [0.29, 0.717) is 6.54 Å². The molecule has 2 amide bonds. The van der Waals surface area contributed by atoms with Gasteiger partial charge in [0.15, 0.2) is 13.6 Å². The Morgan fingerprint density at radius 2 is 1.60 bits per heavy atom. The fraction of sp³-hybridized carbons (Fsp3) is 0.556. The highest BCUT2D eigenvalue weighted by Gasteiger charge is 2.52. The standard InChI is InChI=1S/C9H16N2O2Si2/c1-14(2)6(5-10-8(14)12)7-11-9(13)15(7,3)4/h5H2,1-4H3,(H,10,12)(H,11,13). The van der Waals surface area contributed by atoms with Crippen LogP contribution in [0.2, 0.25) is 26.2 Å². The van der Waals surface area contributed by atoms with Gasteiger partial charge in [-0.25, -0.2) is 0 Å². The topological polar surface area (TPSA) is 58.2 Å². The number of carbonyl (C=O) groups excluding carboxylic acids is 2. The fourth-order valence-electron chi connectivity index (χ4n) is 2.08. The first-order valence-electron chi connectivity index (χ1n) is 5.12. The fourth-order valence-corrected chi connectivity index (χ4v) is 7.72. The van der Waals surface area contributed by atoms with Crippen LogP contribution in [0.1, 0.15) is 0 Å². The number of hydrogen-bond acceptors (Lipinski definition) is 2. The molecule has 0 aromatic rings. The molecule has 0 spiro atoms. The maximum Gasteiger partial charge on any atom is 0.204 e. The molecule has 2 N–H and O–H groups in total. The van der Waals surface area contributed by atoms with Crippen LogP contribution in [0.25, 0.3) is 0 Å². The van der Waals surface area contributed by atoms with Crippen LogP contribution in [0.15, 0.2) is 10.5 Å². The summed E-state index contributed by atoms with van der Waals surface area (Å²) < 4.78 is 0. The van der Waals surface area contributed by atoms with Crippen molar-refractivity contribution >= 4 is 27.2 Å². The van der Waals surface area contributed by atoms with E-state index in [1.807, 2.05) is 26.2 Å². The minimum Gasteiger partial charge on any atom is -0.357 e. The first-order chi connectivity index (χ1) is 6.78. The average Bonchev–Trinajstić information content (AvgIpc) is 2.39. The van der Waals surface area contributed by atoms with E-state index in [1.165, 1.54) is 5.20 Å². The molecular formula is C9H16N2O2Si2. The summed E-state index contributed by atoms with van der Waals surface area (Å²) in [4.78, 5) is 23.1. The van der Waals surface area contributed by atoms with Crippen molar-refractivity contribution in [2.24, 2.45) is 0 Å². The lowest BCUT2D eigenvalue weighted by molar-refractivity contribution is 0.257. The number of rotatable bonds is 0. The van der Waals surface area contributed by atoms with Gasteiger partial charge in [0.2, 0.25) is 13.6 Å². The van der Waals surface area contributed by atoms with Crippen molar-refractivity contribution in [2.45, 2.75) is 26.2 Å². The summed E-state index contributed by atoms with van der Waals surface area (Å²) in [5.74, 6) is 0. The van der Waals surface area contributed by atoms with E-state index >= 15 is 0 Å². The minimum atomic E-state index is -1.97. The van der Waals surface area contributed by atoms with Crippen LogP contribution < -0.4 is 10.6 Å². The SMILES string of the molecule is C[Si]1(C)C(=O)NCC1=C1NC(=O)[Si]1(C)C. The van der Waals surface area contributed by atoms with E-state index in [2.05, 4.69) is 10.6 Å². The summed E-state index contributed by atoms with van der Waals surface area (Å²) in [6.45, 7) is 8.83. The van der Waals surface area contributed by atoms with Gasteiger partial charge >= 0.3 is 0 Å². The molecule has 2 aliphatic rings. The maximum atomic E-state index is 11.7. The molecule has 0 aliphatic carbocycles. The highest BCUT2D eigenvalue weighted by molar-refractivity contribution is 7.17. The quantitative estimate of drug-likeness (QED) is 0.628. The van der Waals surface area contributed by atoms with Gasteiger partial charge in [0.1, 0.15) is 0 Å². The van der Waals surface area contributed by atoms with Crippen molar-refractivity contribution in [3.8, 4) is 0 Å². The molecule has 15 heavy (non-hydrogen) atoms. The molecular weight excluding hydrogens is 224 g/mol. The molecule has 0 bridgehead atoms. The van der Waals surface area contributed by atoms with Crippen molar-refractivity contribution in [1.82, 2.24) is 10.6 Å². The third kappa shape index (κ3) is 1.24. The zero-order chi connectivity index (χ0) is 11.4. The highest BCUT2D eigenvalue weighted by atomic mass is 28.3. The molecule has 0 aromatic heterocycles. The summed E-state index contributed by atoms with van der Waals surface area (Å²) in [6.07, 6.45) is 0. The predicted molar refractivity (Wildman–Crippen MR) is 63.9 cm³/mol. The van der Waals surface area contributed by atoms with E-state index in [0.717, 1.165) is 5.32 Å². The van der Waals surface area contributed by atoms with Gasteiger partial charge < -0.3 is 10.6 Å². The van der Waals surface area contributed by atoms with Crippen LogP contribution in [0.4, 0.5) is 9.59 Å². The minimum absolute atomic E-state index is 0.189. The van der Waals surface area contributed by atoms with Crippen LogP contribution in [0.5, 0.6) is 0 Å². The number of hydrogen-bond donors (Lipinski definition) is 2. The Kier molecular flexibility index (Phi) is 2.00. The molecule has 2 rings (SSSR count). The predicted octanol–water partition coefficient (Wildman–Crippen LogP) is 1.35. The van der Waals surface area contributed by atoms with Gasteiger partial charge in [-0.05, 0) is 5.20 Å². The smallest absolute Gasteiger partial charge is 0.204 e. The molecule has 4 nitrogen and oxygen atoms in total. The molecule has 0 aromatic carbocycles. The molecule has 82 valence electrons. The van der Waals surface area contributed by atoms with Crippen molar-refractivity contribution in [2.75, 3.05) is 6.54 Å². The van der Waals surface area contributed by atoms with Gasteiger partial charge in [-0.1, -0.05) is 26.2 Å². The summed E-state index contributed by atoms with van der Waals surface area (Å²) in [7, 11) is -3.87. The molecule has 2 aliphatic heterocycles. The first-order valence-corrected chi connectivity index (χ1v) is 11.1. The third-order valence-electron chi connectivity index (χ3n) is 3.48. The average molecular weight is 240 g/mol. The van der Waals surface area contributed by atoms with Crippen LogP contribution in [0.3, 0.4) is 0 Å². The Balaban J connectivity index is 2.45. The van der Waals surface area contributed by atoms with E-state index in [1.54, 1.807) is 0 Å². The molecule has 6 heteroatoms. The second-order valence-corrected chi connectivity index (χ2v) is 13.8. The summed E-state index contributed by atoms with van der Waals surface area (Å²) in [6, 6.07) is 0. The Morgan fingerprint density at radius 1 is 1.00 bits per heavy atom. The molecule has 0 radical (unpaired) electrons. The van der Waals surface area contributed by atoms with Gasteiger partial charge in [0.05, 0.1) is 0 Å². The van der Waals surface area contributed by atoms with Gasteiger partial charge in [-0.2, -0.15) is 0 Å². The van der Waals surface area contributed by atoms with Crippen molar-refractivity contribution < 1.29 is 9.59 Å².